The van der Waals surface area contributed by atoms with Gasteiger partial charge in [0, 0.05) is 17.4 Å². The van der Waals surface area contributed by atoms with Crippen molar-refractivity contribution in [2.75, 3.05) is 12.3 Å². The number of thioether (sulfide) groups is 1. The molecule has 1 aliphatic carbocycles. The van der Waals surface area contributed by atoms with Crippen LogP contribution in [0.2, 0.25) is 5.02 Å². The Bertz CT molecular complexity index is 1180. The lowest BCUT2D eigenvalue weighted by Crippen LogP contribution is -2.08. The van der Waals surface area contributed by atoms with Gasteiger partial charge in [-0.2, -0.15) is 5.26 Å². The molecule has 3 aromatic rings. The molecule has 0 bridgehead atoms. The number of anilines is 1. The summed E-state index contributed by atoms with van der Waals surface area (Å²) in [6.45, 7) is 2.21. The molecule has 0 atom stereocenters. The minimum atomic E-state index is -0.473. The Labute approximate surface area is 198 Å². The quantitative estimate of drug-likeness (QED) is 0.335. The van der Waals surface area contributed by atoms with Crippen LogP contribution in [0.15, 0.2) is 29.4 Å². The number of hydrogen-bond donors (Lipinski definition) is 1. The van der Waals surface area contributed by atoms with Crippen LogP contribution in [0, 0.1) is 11.3 Å². The van der Waals surface area contributed by atoms with Gasteiger partial charge >= 0.3 is 5.97 Å². The zero-order valence-corrected chi connectivity index (χ0v) is 19.6. The van der Waals surface area contributed by atoms with Gasteiger partial charge in [-0.25, -0.2) is 4.79 Å². The van der Waals surface area contributed by atoms with Crippen molar-refractivity contribution in [1.29, 1.82) is 5.26 Å². The van der Waals surface area contributed by atoms with Crippen LogP contribution < -0.4 is 10.5 Å². The van der Waals surface area contributed by atoms with Gasteiger partial charge in [-0.05, 0) is 31.9 Å². The molecule has 0 amide bonds. The molecule has 0 radical (unpaired) electrons. The highest BCUT2D eigenvalue weighted by Gasteiger charge is 2.31. The van der Waals surface area contributed by atoms with E-state index in [2.05, 4.69) is 20.8 Å². The molecule has 8 nitrogen and oxygen atoms in total. The highest BCUT2D eigenvalue weighted by Crippen LogP contribution is 2.41. The first kappa shape index (κ1) is 22.5. The molecule has 11 heteroatoms. The van der Waals surface area contributed by atoms with Crippen LogP contribution in [0.5, 0.6) is 5.75 Å². The number of hydrogen-bond acceptors (Lipinski definition) is 9. The van der Waals surface area contributed by atoms with Gasteiger partial charge in [0.15, 0.2) is 11.0 Å². The summed E-state index contributed by atoms with van der Waals surface area (Å²) in [5.41, 5.74) is 6.85. The van der Waals surface area contributed by atoms with Gasteiger partial charge in [-0.3, -0.25) is 4.57 Å². The SMILES string of the molecule is CCOC(=O)c1sc(N)c(C#N)c1CSc1nnc(COc2ccccc2Cl)n1C1CC1. The molecule has 0 spiro atoms. The van der Waals surface area contributed by atoms with E-state index in [9.17, 15) is 10.1 Å². The number of ether oxygens (including phenoxy) is 2. The van der Waals surface area contributed by atoms with Gasteiger partial charge in [-0.15, -0.1) is 21.5 Å². The molecule has 0 saturated heterocycles. The Hall–Kier alpha value is -2.74. The van der Waals surface area contributed by atoms with Crippen LogP contribution in [-0.2, 0) is 17.1 Å². The van der Waals surface area contributed by atoms with Gasteiger partial charge in [-0.1, -0.05) is 35.5 Å². The van der Waals surface area contributed by atoms with Crippen molar-refractivity contribution in [3.63, 3.8) is 0 Å². The van der Waals surface area contributed by atoms with E-state index in [0.717, 1.165) is 24.2 Å². The number of rotatable bonds is 9. The lowest BCUT2D eigenvalue weighted by Gasteiger charge is -2.11. The van der Waals surface area contributed by atoms with Crippen LogP contribution in [0.25, 0.3) is 0 Å². The average Bonchev–Trinajstić information content (AvgIpc) is 3.46. The van der Waals surface area contributed by atoms with Crippen molar-refractivity contribution in [1.82, 2.24) is 14.8 Å². The largest absolute Gasteiger partial charge is 0.484 e. The number of nitrogens with zero attached hydrogens (tertiary/aromatic N) is 4. The Balaban J connectivity index is 1.54. The maximum atomic E-state index is 12.3. The van der Waals surface area contributed by atoms with E-state index in [-0.39, 0.29) is 13.2 Å². The number of nitriles is 1. The highest BCUT2D eigenvalue weighted by atomic mass is 35.5. The molecule has 4 rings (SSSR count). The molecular weight excluding hydrogens is 470 g/mol. The second-order valence-corrected chi connectivity index (χ2v) is 9.39. The molecule has 32 heavy (non-hydrogen) atoms. The number of esters is 1. The van der Waals surface area contributed by atoms with E-state index < -0.39 is 5.97 Å². The molecule has 1 aliphatic rings. The summed E-state index contributed by atoms with van der Waals surface area (Å²) in [5.74, 6) is 1.16. The third-order valence-corrected chi connectivity index (χ3v) is 7.12. The fraction of sp³-hybridized carbons (Fsp3) is 0.333. The predicted molar refractivity (Wildman–Crippen MR) is 123 cm³/mol. The number of thiophene rings is 1. The Morgan fingerprint density at radius 2 is 2.19 bits per heavy atom. The monoisotopic (exact) mass is 489 g/mol. The lowest BCUT2D eigenvalue weighted by molar-refractivity contribution is 0.0531. The average molecular weight is 490 g/mol. The zero-order valence-electron chi connectivity index (χ0n) is 17.2. The minimum Gasteiger partial charge on any atom is -0.484 e. The fourth-order valence-electron chi connectivity index (χ4n) is 3.15. The Kier molecular flexibility index (Phi) is 6.89. The van der Waals surface area contributed by atoms with Gasteiger partial charge in [0.2, 0.25) is 0 Å². The van der Waals surface area contributed by atoms with E-state index >= 15 is 0 Å². The van der Waals surface area contributed by atoms with Gasteiger partial charge in [0.05, 0.1) is 17.2 Å². The number of nitrogen functional groups attached to an aromatic ring is 1. The highest BCUT2D eigenvalue weighted by molar-refractivity contribution is 7.98. The second kappa shape index (κ2) is 9.81. The predicted octanol–water partition coefficient (Wildman–Crippen LogP) is 4.83. The summed E-state index contributed by atoms with van der Waals surface area (Å²) in [6, 6.07) is 9.68. The number of para-hydroxylation sites is 1. The maximum absolute atomic E-state index is 12.3. The Morgan fingerprint density at radius 1 is 1.41 bits per heavy atom. The van der Waals surface area contributed by atoms with E-state index in [0.29, 0.717) is 54.6 Å². The summed E-state index contributed by atoms with van der Waals surface area (Å²) in [7, 11) is 0. The number of benzene rings is 1. The summed E-state index contributed by atoms with van der Waals surface area (Å²) < 4.78 is 13.0. The number of aromatic nitrogens is 3. The Morgan fingerprint density at radius 3 is 2.88 bits per heavy atom. The number of carbonyl (C=O) groups excluding carboxylic acids is 1. The van der Waals surface area contributed by atoms with E-state index in [1.165, 1.54) is 11.8 Å². The van der Waals surface area contributed by atoms with E-state index in [4.69, 9.17) is 26.8 Å². The van der Waals surface area contributed by atoms with Crippen LogP contribution >= 0.6 is 34.7 Å². The second-order valence-electron chi connectivity index (χ2n) is 6.99. The summed E-state index contributed by atoms with van der Waals surface area (Å²) in [5, 5.41) is 19.7. The molecule has 1 aromatic carbocycles. The van der Waals surface area contributed by atoms with Crippen LogP contribution in [-0.4, -0.2) is 27.3 Å². The third-order valence-electron chi connectivity index (χ3n) is 4.79. The zero-order chi connectivity index (χ0) is 22.7. The van der Waals surface area contributed by atoms with Crippen molar-refractivity contribution >= 4 is 45.7 Å². The van der Waals surface area contributed by atoms with Gasteiger partial charge in [0.25, 0.3) is 0 Å². The summed E-state index contributed by atoms with van der Waals surface area (Å²) in [4.78, 5) is 12.7. The molecule has 2 aromatic heterocycles. The summed E-state index contributed by atoms with van der Waals surface area (Å²) >= 11 is 8.66. The number of carbonyl (C=O) groups is 1. The van der Waals surface area contributed by atoms with Gasteiger partial charge < -0.3 is 15.2 Å². The molecule has 166 valence electrons. The van der Waals surface area contributed by atoms with E-state index in [1.807, 2.05) is 12.1 Å². The molecule has 1 saturated carbocycles. The smallest absolute Gasteiger partial charge is 0.348 e. The first-order valence-electron chi connectivity index (χ1n) is 9.95. The van der Waals surface area contributed by atoms with E-state index in [1.54, 1.807) is 19.1 Å². The molecule has 2 N–H and O–H groups in total. The van der Waals surface area contributed by atoms with Gasteiger partial charge in [0.1, 0.15) is 28.3 Å². The third kappa shape index (κ3) is 4.70. The van der Waals surface area contributed by atoms with Crippen molar-refractivity contribution in [3.05, 3.63) is 51.1 Å². The first-order chi connectivity index (χ1) is 15.5. The number of halogens is 1. The fourth-order valence-corrected chi connectivity index (χ4v) is 5.42. The maximum Gasteiger partial charge on any atom is 0.348 e. The molecule has 1 fully saturated rings. The van der Waals surface area contributed by atoms with Crippen molar-refractivity contribution in [2.45, 2.75) is 43.3 Å². The van der Waals surface area contributed by atoms with Crippen LogP contribution in [0.1, 0.15) is 52.4 Å². The molecule has 0 aliphatic heterocycles. The van der Waals surface area contributed by atoms with Crippen molar-refractivity contribution < 1.29 is 14.3 Å². The van der Waals surface area contributed by atoms with Crippen molar-refractivity contribution in [3.8, 4) is 11.8 Å². The van der Waals surface area contributed by atoms with Crippen LogP contribution in [0.3, 0.4) is 0 Å². The number of nitrogens with two attached hydrogens (primary N) is 1. The minimum absolute atomic E-state index is 0.233. The molecule has 0 unspecified atom stereocenters. The lowest BCUT2D eigenvalue weighted by atomic mass is 10.2. The normalized spacial score (nSPS) is 13.0. The molecule has 2 heterocycles. The topological polar surface area (TPSA) is 116 Å². The van der Waals surface area contributed by atoms with Crippen LogP contribution in [0.4, 0.5) is 5.00 Å². The van der Waals surface area contributed by atoms with Crippen molar-refractivity contribution in [2.24, 2.45) is 0 Å². The molecular formula is C21H20ClN5O3S2. The first-order valence-corrected chi connectivity index (χ1v) is 12.1. The summed E-state index contributed by atoms with van der Waals surface area (Å²) in [6.07, 6.45) is 2.07. The standard InChI is InChI=1S/C21H20ClN5O3S2/c1-2-29-20(28)18-14(13(9-23)19(24)32-18)11-31-21-26-25-17(27(21)12-7-8-12)10-30-16-6-4-3-5-15(16)22/h3-6,12H,2,7-8,10-11,24H2,1H3.